The van der Waals surface area contributed by atoms with Gasteiger partial charge in [0.2, 0.25) is 0 Å². The molecule has 0 N–H and O–H groups in total. The van der Waals surface area contributed by atoms with E-state index in [1.165, 1.54) is 0 Å². The van der Waals surface area contributed by atoms with Crippen LogP contribution in [0.2, 0.25) is 0 Å². The summed E-state index contributed by atoms with van der Waals surface area (Å²) < 4.78 is 52.6. The molecule has 0 fully saturated rings. The van der Waals surface area contributed by atoms with Gasteiger partial charge in [-0.05, 0) is 11.6 Å². The summed E-state index contributed by atoms with van der Waals surface area (Å²) in [5.74, 6) is 0. The molecule has 4 nitrogen and oxygen atoms in total. The molecular formula is C2Cl4F2O4. The third-order valence-corrected chi connectivity index (χ3v) is 2.02. The Hall–Kier alpha value is 0.860. The Morgan fingerprint density at radius 1 is 1.08 bits per heavy atom. The van der Waals surface area contributed by atoms with E-state index in [-0.39, 0.29) is 0 Å². The third-order valence-electron chi connectivity index (χ3n) is 0.521. The third kappa shape index (κ3) is 4.20. The van der Waals surface area contributed by atoms with Crippen molar-refractivity contribution in [2.45, 2.75) is 9.90 Å². The Morgan fingerprint density at radius 3 is 1.50 bits per heavy atom. The van der Waals surface area contributed by atoms with Crippen LogP contribution in [0.3, 0.4) is 0 Å². The molecule has 1 atom stereocenters. The predicted molar refractivity (Wildman–Crippen MR) is 26.3 cm³/mol. The second-order valence-electron chi connectivity index (χ2n) is 1.47. The van der Waals surface area contributed by atoms with Crippen molar-refractivity contribution >= 4 is 34.8 Å². The monoisotopic (exact) mass is 266 g/mol. The molecule has 0 aliphatic rings. The van der Waals surface area contributed by atoms with E-state index < -0.39 is 20.1 Å². The summed E-state index contributed by atoms with van der Waals surface area (Å²) in [6.45, 7) is 0. The summed E-state index contributed by atoms with van der Waals surface area (Å²) in [6, 6.07) is 0. The van der Waals surface area contributed by atoms with Crippen LogP contribution >= 0.6 is 34.8 Å². The SMILES string of the molecule is [O-][Cl+3]([O-])([O-])OC(F)(Cl)C(F)(Cl)Cl. The lowest BCUT2D eigenvalue weighted by Gasteiger charge is -2.21. The fraction of sp³-hybridized carbons (Fsp3) is 1.00. The molecule has 0 aliphatic carbocycles. The van der Waals surface area contributed by atoms with E-state index >= 15 is 0 Å². The maximum Gasteiger partial charge on any atom is 0.496 e. The number of halogens is 6. The number of hydrogen-bond donors (Lipinski definition) is 0. The zero-order chi connectivity index (χ0) is 10.2. The molecule has 0 bridgehead atoms. The quantitative estimate of drug-likeness (QED) is 0.606. The maximum atomic E-state index is 12.4. The van der Waals surface area contributed by atoms with Gasteiger partial charge in [-0.1, -0.05) is 23.2 Å². The molecule has 0 amide bonds. The van der Waals surface area contributed by atoms with Gasteiger partial charge < -0.3 is 0 Å². The van der Waals surface area contributed by atoms with Gasteiger partial charge in [0.05, 0.1) is 10.2 Å². The van der Waals surface area contributed by atoms with E-state index in [0.717, 1.165) is 0 Å². The summed E-state index contributed by atoms with van der Waals surface area (Å²) in [5, 5.41) is -4.15. The highest BCUT2D eigenvalue weighted by Gasteiger charge is 2.63. The summed E-state index contributed by atoms with van der Waals surface area (Å²) in [5.41, 5.74) is 0. The van der Waals surface area contributed by atoms with Crippen molar-refractivity contribution in [1.82, 2.24) is 0 Å². The Bertz CT molecular complexity index is 161. The predicted octanol–water partition coefficient (Wildman–Crippen LogP) is -1.14. The van der Waals surface area contributed by atoms with E-state index in [1.807, 2.05) is 0 Å². The normalized spacial score (nSPS) is 19.0. The van der Waals surface area contributed by atoms with Gasteiger partial charge in [0.15, 0.2) is 0 Å². The number of rotatable bonds is 3. The lowest BCUT2D eigenvalue weighted by Crippen LogP contribution is -2.64. The Morgan fingerprint density at radius 2 is 1.42 bits per heavy atom. The lowest BCUT2D eigenvalue weighted by molar-refractivity contribution is -1.92. The van der Waals surface area contributed by atoms with E-state index in [2.05, 4.69) is 39.1 Å². The number of alkyl halides is 5. The Kier molecular flexibility index (Phi) is 3.80. The first kappa shape index (κ1) is 12.9. The van der Waals surface area contributed by atoms with Crippen LogP contribution in [-0.2, 0) is 4.29 Å². The van der Waals surface area contributed by atoms with Gasteiger partial charge in [-0.2, -0.15) is 22.8 Å². The van der Waals surface area contributed by atoms with Gasteiger partial charge in [-0.25, -0.2) is 0 Å². The molecule has 0 rings (SSSR count). The van der Waals surface area contributed by atoms with Gasteiger partial charge in [0, 0.05) is 0 Å². The highest BCUT2D eigenvalue weighted by Crippen LogP contribution is 2.43. The second-order valence-corrected chi connectivity index (χ2v) is 4.10. The molecule has 0 saturated heterocycles. The largest absolute Gasteiger partial charge is 0.496 e. The molecule has 74 valence electrons. The highest BCUT2D eigenvalue weighted by atomic mass is 35.7. The highest BCUT2D eigenvalue weighted by molar-refractivity contribution is 6.51. The average molecular weight is 268 g/mol. The van der Waals surface area contributed by atoms with Gasteiger partial charge in [0.25, 0.3) is 0 Å². The topological polar surface area (TPSA) is 78.4 Å². The van der Waals surface area contributed by atoms with Gasteiger partial charge in [-0.15, -0.1) is 0 Å². The van der Waals surface area contributed by atoms with Gasteiger partial charge >= 0.3 is 9.90 Å². The summed E-state index contributed by atoms with van der Waals surface area (Å²) in [6.07, 6.45) is 0. The van der Waals surface area contributed by atoms with Crippen molar-refractivity contribution in [1.29, 1.82) is 0 Å². The van der Waals surface area contributed by atoms with Crippen LogP contribution in [0, 0.1) is 10.2 Å². The van der Waals surface area contributed by atoms with Crippen molar-refractivity contribution in [3.8, 4) is 0 Å². The zero-order valence-electron chi connectivity index (χ0n) is 4.90. The number of hydrogen-bond acceptors (Lipinski definition) is 4. The average Bonchev–Trinajstić information content (AvgIpc) is 1.52. The van der Waals surface area contributed by atoms with Crippen LogP contribution < -0.4 is 14.0 Å². The molecule has 0 heterocycles. The molecule has 0 spiro atoms. The molecule has 0 aromatic rings. The first-order valence-electron chi connectivity index (χ1n) is 2.02. The van der Waals surface area contributed by atoms with Gasteiger partial charge in [0.1, 0.15) is 4.29 Å². The van der Waals surface area contributed by atoms with Crippen LogP contribution in [0.15, 0.2) is 0 Å². The van der Waals surface area contributed by atoms with E-state index in [1.54, 1.807) is 0 Å². The minimum Gasteiger partial charge on any atom is -0.199 e. The van der Waals surface area contributed by atoms with Crippen LogP contribution in [0.1, 0.15) is 0 Å². The van der Waals surface area contributed by atoms with E-state index in [9.17, 15) is 22.8 Å². The maximum absolute atomic E-state index is 12.4. The molecule has 0 saturated carbocycles. The smallest absolute Gasteiger partial charge is 0.199 e. The van der Waals surface area contributed by atoms with Crippen LogP contribution in [0.25, 0.3) is 0 Å². The standard InChI is InChI=1S/C2Cl4F2O4/c3-1(4,7)2(5,8)12-6(9,10)11. The summed E-state index contributed by atoms with van der Waals surface area (Å²) in [4.78, 5) is 0. The molecular weight excluding hydrogens is 268 g/mol. The van der Waals surface area contributed by atoms with Crippen LogP contribution in [0.4, 0.5) is 8.78 Å². The summed E-state index contributed by atoms with van der Waals surface area (Å²) in [7, 11) is -5.26. The van der Waals surface area contributed by atoms with E-state index in [4.69, 9.17) is 0 Å². The van der Waals surface area contributed by atoms with Crippen molar-refractivity contribution in [2.75, 3.05) is 0 Å². The first-order valence-corrected chi connectivity index (χ1v) is 4.38. The van der Waals surface area contributed by atoms with Crippen molar-refractivity contribution < 1.29 is 37.3 Å². The minimum atomic E-state index is -5.26. The van der Waals surface area contributed by atoms with Gasteiger partial charge in [-0.3, -0.25) is 0 Å². The minimum absolute atomic E-state index is 2.84. The molecule has 10 heteroatoms. The first-order chi connectivity index (χ1) is 4.96. The van der Waals surface area contributed by atoms with E-state index in [0.29, 0.717) is 0 Å². The Balaban J connectivity index is 4.44. The fourth-order valence-corrected chi connectivity index (χ4v) is 0.876. The van der Waals surface area contributed by atoms with Crippen LogP contribution in [-0.4, -0.2) is 9.90 Å². The second kappa shape index (κ2) is 3.55. The molecule has 12 heavy (non-hydrogen) atoms. The summed E-state index contributed by atoms with van der Waals surface area (Å²) >= 11 is 13.2. The lowest BCUT2D eigenvalue weighted by atomic mass is 10.7. The Labute approximate surface area is 82.3 Å². The molecule has 1 unspecified atom stereocenters. The fourth-order valence-electron chi connectivity index (χ4n) is 0.162. The zero-order valence-corrected chi connectivity index (χ0v) is 7.92. The van der Waals surface area contributed by atoms with Crippen molar-refractivity contribution in [2.24, 2.45) is 0 Å². The molecule has 0 radical (unpaired) electrons. The van der Waals surface area contributed by atoms with Crippen LogP contribution in [0.5, 0.6) is 0 Å². The van der Waals surface area contributed by atoms with Crippen molar-refractivity contribution in [3.63, 3.8) is 0 Å². The van der Waals surface area contributed by atoms with Crippen molar-refractivity contribution in [3.05, 3.63) is 0 Å². The molecule has 0 aromatic carbocycles. The molecule has 0 aromatic heterocycles. The molecule has 0 aliphatic heterocycles.